The highest BCUT2D eigenvalue weighted by Gasteiger charge is 2.10. The maximum atomic E-state index is 5.90. The van der Waals surface area contributed by atoms with E-state index in [0.29, 0.717) is 12.5 Å². The summed E-state index contributed by atoms with van der Waals surface area (Å²) in [5.74, 6) is 2.07. The number of benzene rings is 2. The average molecular weight is 258 g/mol. The zero-order chi connectivity index (χ0) is 12.8. The van der Waals surface area contributed by atoms with Crippen LogP contribution in [0.5, 0.6) is 5.75 Å². The Morgan fingerprint density at radius 1 is 1.00 bits per heavy atom. The van der Waals surface area contributed by atoms with E-state index < -0.39 is 0 Å². The fraction of sp³-hybridized carbons (Fsp3) is 0.250. The molecule has 0 heterocycles. The summed E-state index contributed by atoms with van der Waals surface area (Å²) < 4.78 is 5.90. The maximum Gasteiger partial charge on any atom is 0.122 e. The number of rotatable bonds is 5. The predicted octanol–water partition coefficient (Wildman–Crippen LogP) is 4.09. The molecule has 1 atom stereocenters. The summed E-state index contributed by atoms with van der Waals surface area (Å²) in [7, 11) is 0. The Morgan fingerprint density at radius 2 is 1.67 bits per heavy atom. The van der Waals surface area contributed by atoms with Crippen molar-refractivity contribution >= 4 is 12.6 Å². The van der Waals surface area contributed by atoms with E-state index in [0.717, 1.165) is 11.5 Å². The van der Waals surface area contributed by atoms with Crippen LogP contribution in [0.25, 0.3) is 0 Å². The van der Waals surface area contributed by atoms with E-state index in [1.807, 2.05) is 24.3 Å². The third-order valence-electron chi connectivity index (χ3n) is 3.02. The molecule has 0 aromatic heterocycles. The summed E-state index contributed by atoms with van der Waals surface area (Å²) in [5, 5.41) is 0. The molecule has 2 heteroatoms. The first-order valence-corrected chi connectivity index (χ1v) is 6.78. The van der Waals surface area contributed by atoms with E-state index in [9.17, 15) is 0 Å². The van der Waals surface area contributed by atoms with E-state index in [2.05, 4.69) is 49.9 Å². The lowest BCUT2D eigenvalue weighted by atomic mass is 10.0. The van der Waals surface area contributed by atoms with Gasteiger partial charge in [0.2, 0.25) is 0 Å². The van der Waals surface area contributed by atoms with Crippen molar-refractivity contribution in [3.63, 3.8) is 0 Å². The fourth-order valence-electron chi connectivity index (χ4n) is 1.89. The van der Waals surface area contributed by atoms with Crippen molar-refractivity contribution in [2.24, 2.45) is 0 Å². The summed E-state index contributed by atoms with van der Waals surface area (Å²) >= 11 is 4.42. The molecule has 1 unspecified atom stereocenters. The molecule has 0 bridgehead atoms. The van der Waals surface area contributed by atoms with Crippen LogP contribution in [0, 0.1) is 6.92 Å². The second kappa shape index (κ2) is 6.50. The summed E-state index contributed by atoms with van der Waals surface area (Å²) in [6.07, 6.45) is 0. The Labute approximate surface area is 114 Å². The van der Waals surface area contributed by atoms with Crippen molar-refractivity contribution in [1.82, 2.24) is 0 Å². The van der Waals surface area contributed by atoms with Crippen LogP contribution in [0.15, 0.2) is 54.6 Å². The van der Waals surface area contributed by atoms with Gasteiger partial charge in [-0.15, -0.1) is 0 Å². The van der Waals surface area contributed by atoms with Gasteiger partial charge < -0.3 is 4.74 Å². The van der Waals surface area contributed by atoms with Crippen LogP contribution in [0.3, 0.4) is 0 Å². The highest BCUT2D eigenvalue weighted by molar-refractivity contribution is 7.80. The van der Waals surface area contributed by atoms with Gasteiger partial charge in [-0.2, -0.15) is 12.6 Å². The number of para-hydroxylation sites is 1. The number of ether oxygens (including phenoxy) is 1. The van der Waals surface area contributed by atoms with Gasteiger partial charge in [0, 0.05) is 11.7 Å². The number of aryl methyl sites for hydroxylation is 1. The molecule has 0 N–H and O–H groups in total. The van der Waals surface area contributed by atoms with Gasteiger partial charge in [-0.05, 0) is 24.1 Å². The molecule has 0 aliphatic heterocycles. The molecule has 0 saturated carbocycles. The summed E-state index contributed by atoms with van der Waals surface area (Å²) in [6.45, 7) is 2.73. The highest BCUT2D eigenvalue weighted by atomic mass is 32.1. The third kappa shape index (κ3) is 3.30. The Balaban J connectivity index is 2.02. The SMILES string of the molecule is Cc1ccccc1OCC(CS)c1ccccc1. The van der Waals surface area contributed by atoms with E-state index in [4.69, 9.17) is 4.74 Å². The molecular weight excluding hydrogens is 240 g/mol. The Morgan fingerprint density at radius 3 is 2.33 bits per heavy atom. The molecule has 0 amide bonds. The molecule has 0 fully saturated rings. The van der Waals surface area contributed by atoms with E-state index in [1.165, 1.54) is 11.1 Å². The second-order valence-corrected chi connectivity index (χ2v) is 4.73. The molecule has 0 radical (unpaired) electrons. The summed E-state index contributed by atoms with van der Waals surface area (Å²) in [4.78, 5) is 0. The van der Waals surface area contributed by atoms with Gasteiger partial charge in [-0.25, -0.2) is 0 Å². The predicted molar refractivity (Wildman–Crippen MR) is 79.7 cm³/mol. The van der Waals surface area contributed by atoms with Crippen molar-refractivity contribution < 1.29 is 4.74 Å². The number of hydrogen-bond acceptors (Lipinski definition) is 2. The van der Waals surface area contributed by atoms with Crippen LogP contribution < -0.4 is 4.74 Å². The van der Waals surface area contributed by atoms with Crippen molar-refractivity contribution in [2.75, 3.05) is 12.4 Å². The molecule has 0 spiro atoms. The van der Waals surface area contributed by atoms with Gasteiger partial charge in [0.05, 0.1) is 6.61 Å². The average Bonchev–Trinajstić information content (AvgIpc) is 2.42. The second-order valence-electron chi connectivity index (χ2n) is 4.37. The van der Waals surface area contributed by atoms with Gasteiger partial charge in [0.25, 0.3) is 0 Å². The van der Waals surface area contributed by atoms with Gasteiger partial charge in [-0.1, -0.05) is 48.5 Å². The van der Waals surface area contributed by atoms with Crippen LogP contribution >= 0.6 is 12.6 Å². The summed E-state index contributed by atoms with van der Waals surface area (Å²) in [5.41, 5.74) is 2.45. The van der Waals surface area contributed by atoms with Crippen molar-refractivity contribution in [3.05, 3.63) is 65.7 Å². The lowest BCUT2D eigenvalue weighted by Crippen LogP contribution is -2.12. The van der Waals surface area contributed by atoms with E-state index in [-0.39, 0.29) is 0 Å². The van der Waals surface area contributed by atoms with Gasteiger partial charge in [0.1, 0.15) is 5.75 Å². The fourth-order valence-corrected chi connectivity index (χ4v) is 2.20. The molecule has 94 valence electrons. The first-order chi connectivity index (χ1) is 8.81. The minimum absolute atomic E-state index is 0.328. The number of hydrogen-bond donors (Lipinski definition) is 1. The Bertz CT molecular complexity index is 481. The standard InChI is InChI=1S/C16H18OS/c1-13-7-5-6-10-16(13)17-11-15(12-18)14-8-3-2-4-9-14/h2-10,15,18H,11-12H2,1H3. The topological polar surface area (TPSA) is 9.23 Å². The smallest absolute Gasteiger partial charge is 0.122 e. The normalized spacial score (nSPS) is 12.1. The van der Waals surface area contributed by atoms with Crippen LogP contribution in [-0.4, -0.2) is 12.4 Å². The van der Waals surface area contributed by atoms with Gasteiger partial charge in [-0.3, -0.25) is 0 Å². The molecule has 1 nitrogen and oxygen atoms in total. The maximum absolute atomic E-state index is 5.90. The summed E-state index contributed by atoms with van der Waals surface area (Å²) in [6, 6.07) is 18.5. The van der Waals surface area contributed by atoms with Crippen LogP contribution in [0.4, 0.5) is 0 Å². The third-order valence-corrected chi connectivity index (χ3v) is 3.47. The Hall–Kier alpha value is -1.41. The van der Waals surface area contributed by atoms with Crippen LogP contribution in [0.1, 0.15) is 17.0 Å². The molecule has 2 rings (SSSR count). The molecule has 18 heavy (non-hydrogen) atoms. The van der Waals surface area contributed by atoms with Gasteiger partial charge in [0.15, 0.2) is 0 Å². The Kier molecular flexibility index (Phi) is 4.71. The van der Waals surface area contributed by atoms with Crippen LogP contribution in [0.2, 0.25) is 0 Å². The minimum Gasteiger partial charge on any atom is -0.493 e. The zero-order valence-corrected chi connectivity index (χ0v) is 11.4. The minimum atomic E-state index is 0.328. The van der Waals surface area contributed by atoms with Crippen molar-refractivity contribution in [2.45, 2.75) is 12.8 Å². The van der Waals surface area contributed by atoms with Crippen molar-refractivity contribution in [1.29, 1.82) is 0 Å². The lowest BCUT2D eigenvalue weighted by molar-refractivity contribution is 0.296. The van der Waals surface area contributed by atoms with E-state index in [1.54, 1.807) is 0 Å². The largest absolute Gasteiger partial charge is 0.493 e. The number of thiol groups is 1. The van der Waals surface area contributed by atoms with Gasteiger partial charge >= 0.3 is 0 Å². The van der Waals surface area contributed by atoms with Crippen molar-refractivity contribution in [3.8, 4) is 5.75 Å². The monoisotopic (exact) mass is 258 g/mol. The molecule has 0 aliphatic carbocycles. The molecular formula is C16H18OS. The zero-order valence-electron chi connectivity index (χ0n) is 10.5. The lowest BCUT2D eigenvalue weighted by Gasteiger charge is -2.17. The molecule has 0 aliphatic rings. The first kappa shape index (κ1) is 13.0. The van der Waals surface area contributed by atoms with E-state index >= 15 is 0 Å². The molecule has 2 aromatic rings. The quantitative estimate of drug-likeness (QED) is 0.795. The first-order valence-electron chi connectivity index (χ1n) is 6.15. The highest BCUT2D eigenvalue weighted by Crippen LogP contribution is 2.21. The molecule has 0 saturated heterocycles. The molecule has 2 aromatic carbocycles. The van der Waals surface area contributed by atoms with Crippen LogP contribution in [-0.2, 0) is 0 Å².